The van der Waals surface area contributed by atoms with Crippen LogP contribution in [-0.4, -0.2) is 6.54 Å². The Balaban J connectivity index is 1.45. The van der Waals surface area contributed by atoms with Crippen LogP contribution in [0, 0.1) is 23.7 Å². The summed E-state index contributed by atoms with van der Waals surface area (Å²) in [5.74, 6) is 3.64. The molecule has 1 aromatic carbocycles. The van der Waals surface area contributed by atoms with Gasteiger partial charge in [0.15, 0.2) is 0 Å². The van der Waals surface area contributed by atoms with Gasteiger partial charge in [0.05, 0.1) is 0 Å². The van der Waals surface area contributed by atoms with Crippen molar-refractivity contribution in [3.05, 3.63) is 29.8 Å². The van der Waals surface area contributed by atoms with Crippen molar-refractivity contribution in [1.29, 1.82) is 0 Å². The van der Waals surface area contributed by atoms with Gasteiger partial charge in [0.25, 0.3) is 0 Å². The number of rotatable bonds is 5. The molecule has 3 rings (SSSR count). The molecule has 23 heavy (non-hydrogen) atoms. The van der Waals surface area contributed by atoms with Crippen LogP contribution in [0.5, 0.6) is 0 Å². The van der Waals surface area contributed by atoms with Crippen LogP contribution >= 0.6 is 0 Å². The van der Waals surface area contributed by atoms with Crippen LogP contribution < -0.4 is 5.32 Å². The SMILES string of the molecule is CC1CCC(Cc2ccc(NCC3CCCCC3C)cc2)CC1. The Morgan fingerprint density at radius 1 is 0.870 bits per heavy atom. The summed E-state index contributed by atoms with van der Waals surface area (Å²) in [4.78, 5) is 0. The molecule has 0 bridgehead atoms. The Bertz CT molecular complexity index is 455. The van der Waals surface area contributed by atoms with E-state index in [-0.39, 0.29) is 0 Å². The van der Waals surface area contributed by atoms with Gasteiger partial charge in [-0.3, -0.25) is 0 Å². The van der Waals surface area contributed by atoms with Gasteiger partial charge in [-0.1, -0.05) is 58.1 Å². The van der Waals surface area contributed by atoms with Gasteiger partial charge >= 0.3 is 0 Å². The zero-order chi connectivity index (χ0) is 16.1. The van der Waals surface area contributed by atoms with E-state index in [9.17, 15) is 0 Å². The molecule has 0 radical (unpaired) electrons. The Kier molecular flexibility index (Phi) is 6.02. The lowest BCUT2D eigenvalue weighted by Gasteiger charge is -2.29. The van der Waals surface area contributed by atoms with Crippen LogP contribution in [0.2, 0.25) is 0 Å². The molecule has 0 amide bonds. The highest BCUT2D eigenvalue weighted by molar-refractivity contribution is 5.44. The topological polar surface area (TPSA) is 12.0 Å². The first-order valence-electron chi connectivity index (χ1n) is 10.0. The molecule has 1 nitrogen and oxygen atoms in total. The molecule has 2 unspecified atom stereocenters. The number of hydrogen-bond acceptors (Lipinski definition) is 1. The average Bonchev–Trinajstić information content (AvgIpc) is 2.58. The first-order valence-corrected chi connectivity index (χ1v) is 10.0. The van der Waals surface area contributed by atoms with Crippen molar-refractivity contribution in [2.45, 2.75) is 71.6 Å². The fourth-order valence-electron chi connectivity index (χ4n) is 4.57. The molecule has 2 saturated carbocycles. The molecule has 2 aliphatic carbocycles. The highest BCUT2D eigenvalue weighted by Crippen LogP contribution is 2.31. The normalized spacial score (nSPS) is 31.7. The number of benzene rings is 1. The highest BCUT2D eigenvalue weighted by Gasteiger charge is 2.21. The fourth-order valence-corrected chi connectivity index (χ4v) is 4.57. The molecular formula is C22H35N. The Labute approximate surface area is 143 Å². The maximum Gasteiger partial charge on any atom is 0.0340 e. The maximum atomic E-state index is 3.68. The lowest BCUT2D eigenvalue weighted by molar-refractivity contribution is 0.268. The molecule has 2 fully saturated rings. The van der Waals surface area contributed by atoms with E-state index in [1.54, 1.807) is 0 Å². The summed E-state index contributed by atoms with van der Waals surface area (Å²) in [6, 6.07) is 9.30. The molecule has 0 heterocycles. The van der Waals surface area contributed by atoms with Crippen molar-refractivity contribution in [3.63, 3.8) is 0 Å². The van der Waals surface area contributed by atoms with Crippen molar-refractivity contribution in [1.82, 2.24) is 0 Å². The van der Waals surface area contributed by atoms with E-state index in [4.69, 9.17) is 0 Å². The van der Waals surface area contributed by atoms with Gasteiger partial charge in [-0.25, -0.2) is 0 Å². The Morgan fingerprint density at radius 2 is 1.57 bits per heavy atom. The second kappa shape index (κ2) is 8.22. The molecular weight excluding hydrogens is 278 g/mol. The standard InChI is InChI=1S/C22H35N/c1-17-7-9-19(10-8-17)15-20-11-13-22(14-12-20)23-16-21-6-4-3-5-18(21)2/h11-14,17-19,21,23H,3-10,15-16H2,1-2H3. The number of anilines is 1. The summed E-state index contributed by atoms with van der Waals surface area (Å²) >= 11 is 0. The minimum absolute atomic E-state index is 0.868. The average molecular weight is 314 g/mol. The third-order valence-electron chi connectivity index (χ3n) is 6.47. The smallest absolute Gasteiger partial charge is 0.0340 e. The van der Waals surface area contributed by atoms with Gasteiger partial charge in [-0.05, 0) is 67.1 Å². The molecule has 2 atom stereocenters. The number of hydrogen-bond donors (Lipinski definition) is 1. The van der Waals surface area contributed by atoms with Crippen LogP contribution in [0.15, 0.2) is 24.3 Å². The molecule has 128 valence electrons. The van der Waals surface area contributed by atoms with Gasteiger partial charge in [0, 0.05) is 12.2 Å². The molecule has 0 spiro atoms. The number of nitrogens with one attached hydrogen (secondary N) is 1. The van der Waals surface area contributed by atoms with Gasteiger partial charge in [-0.15, -0.1) is 0 Å². The summed E-state index contributed by atoms with van der Waals surface area (Å²) in [5, 5.41) is 3.68. The van der Waals surface area contributed by atoms with Gasteiger partial charge in [0.1, 0.15) is 0 Å². The van der Waals surface area contributed by atoms with E-state index in [0.29, 0.717) is 0 Å². The third kappa shape index (κ3) is 4.99. The fraction of sp³-hybridized carbons (Fsp3) is 0.727. The predicted molar refractivity (Wildman–Crippen MR) is 101 cm³/mol. The van der Waals surface area contributed by atoms with Crippen molar-refractivity contribution < 1.29 is 0 Å². The van der Waals surface area contributed by atoms with E-state index in [2.05, 4.69) is 43.4 Å². The second-order valence-electron chi connectivity index (χ2n) is 8.43. The first kappa shape index (κ1) is 16.9. The van der Waals surface area contributed by atoms with Crippen LogP contribution in [-0.2, 0) is 6.42 Å². The molecule has 0 aliphatic heterocycles. The van der Waals surface area contributed by atoms with Crippen molar-refractivity contribution in [3.8, 4) is 0 Å². The largest absolute Gasteiger partial charge is 0.385 e. The van der Waals surface area contributed by atoms with E-state index in [1.807, 2.05) is 0 Å². The van der Waals surface area contributed by atoms with Crippen LogP contribution in [0.1, 0.15) is 70.8 Å². The zero-order valence-corrected chi connectivity index (χ0v) is 15.2. The van der Waals surface area contributed by atoms with Gasteiger partial charge < -0.3 is 5.32 Å². The van der Waals surface area contributed by atoms with Crippen molar-refractivity contribution in [2.24, 2.45) is 23.7 Å². The minimum Gasteiger partial charge on any atom is -0.385 e. The summed E-state index contributed by atoms with van der Waals surface area (Å²) in [6.45, 7) is 5.99. The predicted octanol–water partition coefficient (Wildman–Crippen LogP) is 6.29. The molecule has 1 N–H and O–H groups in total. The van der Waals surface area contributed by atoms with Crippen molar-refractivity contribution in [2.75, 3.05) is 11.9 Å². The maximum absolute atomic E-state index is 3.68. The van der Waals surface area contributed by atoms with Gasteiger partial charge in [-0.2, -0.15) is 0 Å². The van der Waals surface area contributed by atoms with Crippen molar-refractivity contribution >= 4 is 5.69 Å². The lowest BCUT2D eigenvalue weighted by Crippen LogP contribution is -2.24. The summed E-state index contributed by atoms with van der Waals surface area (Å²) in [5.41, 5.74) is 2.84. The molecule has 0 aromatic heterocycles. The van der Waals surface area contributed by atoms with E-state index in [1.165, 1.54) is 69.0 Å². The van der Waals surface area contributed by atoms with E-state index < -0.39 is 0 Å². The summed E-state index contributed by atoms with van der Waals surface area (Å²) in [7, 11) is 0. The molecule has 0 saturated heterocycles. The molecule has 2 aliphatic rings. The second-order valence-corrected chi connectivity index (χ2v) is 8.43. The van der Waals surface area contributed by atoms with Crippen LogP contribution in [0.4, 0.5) is 5.69 Å². The minimum atomic E-state index is 0.868. The Morgan fingerprint density at radius 3 is 2.26 bits per heavy atom. The monoisotopic (exact) mass is 313 g/mol. The van der Waals surface area contributed by atoms with Gasteiger partial charge in [0.2, 0.25) is 0 Å². The highest BCUT2D eigenvalue weighted by atomic mass is 14.9. The summed E-state index contributed by atoms with van der Waals surface area (Å²) in [6.07, 6.45) is 12.7. The lowest BCUT2D eigenvalue weighted by atomic mass is 9.80. The van der Waals surface area contributed by atoms with Crippen LogP contribution in [0.25, 0.3) is 0 Å². The van der Waals surface area contributed by atoms with Crippen LogP contribution in [0.3, 0.4) is 0 Å². The quantitative estimate of drug-likeness (QED) is 0.673. The summed E-state index contributed by atoms with van der Waals surface area (Å²) < 4.78 is 0. The molecule has 1 heteroatoms. The molecule has 1 aromatic rings. The third-order valence-corrected chi connectivity index (χ3v) is 6.47. The zero-order valence-electron chi connectivity index (χ0n) is 15.2. The first-order chi connectivity index (χ1) is 11.2. The van der Waals surface area contributed by atoms with E-state index >= 15 is 0 Å². The van der Waals surface area contributed by atoms with E-state index in [0.717, 1.165) is 30.2 Å². The Hall–Kier alpha value is -0.980.